The summed E-state index contributed by atoms with van der Waals surface area (Å²) in [6.45, 7) is 2.56. The van der Waals surface area contributed by atoms with Gasteiger partial charge in [-0.05, 0) is 52.6 Å². The molecule has 2 aromatic rings. The van der Waals surface area contributed by atoms with Gasteiger partial charge in [-0.2, -0.15) is 0 Å². The summed E-state index contributed by atoms with van der Waals surface area (Å²) in [5, 5.41) is 19.5. The number of thiophene rings is 1. The molecule has 1 aliphatic heterocycles. The first kappa shape index (κ1) is 21.0. The van der Waals surface area contributed by atoms with Crippen molar-refractivity contribution in [1.29, 1.82) is 0 Å². The summed E-state index contributed by atoms with van der Waals surface area (Å²) in [6, 6.07) is 11.4. The van der Waals surface area contributed by atoms with E-state index in [1.165, 1.54) is 55.5 Å². The predicted molar refractivity (Wildman–Crippen MR) is 112 cm³/mol. The predicted octanol–water partition coefficient (Wildman–Crippen LogP) is 1.33. The van der Waals surface area contributed by atoms with Crippen LogP contribution in [0.4, 0.5) is 0 Å². The highest BCUT2D eigenvalue weighted by Crippen LogP contribution is 2.39. The standard InChI is InChI=1S/C19H21NS.C4H4O4/c1-20-11-8-15(9-12-20)19-16-5-3-2-4-14(16)6-7-18-17(19)10-13-21-18;5-3(6)1-2-4(7)8/h2-5,10,13H,6-9,11-12H2,1H3;1-2H,(H,5,6)(H,7,8)/b;2-1-. The number of nitrogens with one attached hydrogen (secondary N) is 1. The molecule has 0 spiro atoms. The number of fused-ring (bicyclic) bond motifs is 2. The zero-order valence-electron chi connectivity index (χ0n) is 16.4. The van der Waals surface area contributed by atoms with Crippen LogP contribution in [0.15, 0.2) is 53.4 Å². The maximum Gasteiger partial charge on any atom is 0.328 e. The van der Waals surface area contributed by atoms with Gasteiger partial charge in [0.15, 0.2) is 0 Å². The van der Waals surface area contributed by atoms with Gasteiger partial charge in [0.25, 0.3) is 0 Å². The van der Waals surface area contributed by atoms with Gasteiger partial charge >= 0.3 is 5.97 Å². The van der Waals surface area contributed by atoms with Crippen LogP contribution < -0.4 is 10.0 Å². The minimum atomic E-state index is -1.51. The summed E-state index contributed by atoms with van der Waals surface area (Å²) in [4.78, 5) is 22.2. The van der Waals surface area contributed by atoms with E-state index in [0.29, 0.717) is 12.2 Å². The lowest BCUT2D eigenvalue weighted by molar-refractivity contribution is -0.882. The highest BCUT2D eigenvalue weighted by Gasteiger charge is 2.24. The molecule has 1 aliphatic carbocycles. The molecule has 0 atom stereocenters. The van der Waals surface area contributed by atoms with E-state index >= 15 is 0 Å². The highest BCUT2D eigenvalue weighted by molar-refractivity contribution is 7.10. The van der Waals surface area contributed by atoms with Crippen molar-refractivity contribution in [3.8, 4) is 0 Å². The van der Waals surface area contributed by atoms with Crippen molar-refractivity contribution in [3.05, 3.63) is 75.0 Å². The van der Waals surface area contributed by atoms with Crippen LogP contribution in [0.25, 0.3) is 5.57 Å². The molecule has 4 rings (SSSR count). The Balaban J connectivity index is 0.000000258. The van der Waals surface area contributed by atoms with Crippen molar-refractivity contribution in [2.75, 3.05) is 20.1 Å². The first-order valence-electron chi connectivity index (χ1n) is 9.76. The molecule has 2 N–H and O–H groups in total. The molecule has 1 saturated heterocycles. The van der Waals surface area contributed by atoms with Gasteiger partial charge in [-0.3, -0.25) is 0 Å². The van der Waals surface area contributed by atoms with E-state index in [1.807, 2.05) is 11.3 Å². The third-order valence-corrected chi connectivity index (χ3v) is 6.33. The number of rotatable bonds is 2. The van der Waals surface area contributed by atoms with Gasteiger partial charge < -0.3 is 19.9 Å². The lowest BCUT2D eigenvalue weighted by Crippen LogP contribution is -3.09. The number of hydrogen-bond donors (Lipinski definition) is 2. The van der Waals surface area contributed by atoms with Crippen LogP contribution >= 0.6 is 11.3 Å². The number of carboxylic acid groups (broad SMARTS) is 2. The van der Waals surface area contributed by atoms with Crippen molar-refractivity contribution >= 4 is 28.8 Å². The van der Waals surface area contributed by atoms with E-state index in [1.54, 1.807) is 20.9 Å². The Morgan fingerprint density at radius 3 is 2.41 bits per heavy atom. The zero-order valence-corrected chi connectivity index (χ0v) is 17.3. The average Bonchev–Trinajstić information content (AvgIpc) is 3.10. The Kier molecular flexibility index (Phi) is 7.01. The third kappa shape index (κ3) is 5.43. The van der Waals surface area contributed by atoms with Crippen LogP contribution in [0.3, 0.4) is 0 Å². The molecule has 0 saturated carbocycles. The molecule has 0 bridgehead atoms. The Hall–Kier alpha value is -2.70. The topological polar surface area (TPSA) is 81.9 Å². The van der Waals surface area contributed by atoms with Crippen LogP contribution in [0, 0.1) is 0 Å². The Morgan fingerprint density at radius 1 is 1.03 bits per heavy atom. The van der Waals surface area contributed by atoms with E-state index in [2.05, 4.69) is 42.8 Å². The molecule has 29 heavy (non-hydrogen) atoms. The summed E-state index contributed by atoms with van der Waals surface area (Å²) in [6.07, 6.45) is 5.84. The molecule has 1 aromatic carbocycles. The van der Waals surface area contributed by atoms with Gasteiger partial charge in [0, 0.05) is 23.8 Å². The van der Waals surface area contributed by atoms with Gasteiger partial charge in [-0.25, -0.2) is 4.79 Å². The number of aliphatic carboxylic acids is 2. The fraction of sp³-hybridized carbons (Fsp3) is 0.304. The first-order valence-corrected chi connectivity index (χ1v) is 10.6. The quantitative estimate of drug-likeness (QED) is 0.731. The van der Waals surface area contributed by atoms with Gasteiger partial charge in [0.1, 0.15) is 0 Å². The second-order valence-electron chi connectivity index (χ2n) is 7.34. The van der Waals surface area contributed by atoms with Gasteiger partial charge in [0.2, 0.25) is 0 Å². The Labute approximate surface area is 174 Å². The van der Waals surface area contributed by atoms with E-state index in [9.17, 15) is 14.7 Å². The van der Waals surface area contributed by atoms with Crippen LogP contribution in [0.2, 0.25) is 0 Å². The molecule has 2 aliphatic rings. The number of likely N-dealkylation sites (tertiary alicyclic amines) is 1. The Morgan fingerprint density at radius 2 is 1.76 bits per heavy atom. The summed E-state index contributed by atoms with van der Waals surface area (Å²) in [7, 11) is 2.32. The second kappa shape index (κ2) is 9.67. The van der Waals surface area contributed by atoms with E-state index in [0.717, 1.165) is 0 Å². The molecular weight excluding hydrogens is 386 g/mol. The van der Waals surface area contributed by atoms with Gasteiger partial charge in [-0.15, -0.1) is 11.3 Å². The van der Waals surface area contributed by atoms with Crippen LogP contribution in [0.5, 0.6) is 0 Å². The maximum absolute atomic E-state index is 9.53. The van der Waals surface area contributed by atoms with E-state index in [4.69, 9.17) is 5.11 Å². The molecule has 5 nitrogen and oxygen atoms in total. The molecule has 6 heteroatoms. The smallest absolute Gasteiger partial charge is 0.328 e. The molecule has 1 aromatic heterocycles. The minimum absolute atomic E-state index is 0.447. The third-order valence-electron chi connectivity index (χ3n) is 5.35. The van der Waals surface area contributed by atoms with Crippen LogP contribution in [-0.4, -0.2) is 37.2 Å². The number of hydrogen-bond acceptors (Lipinski definition) is 4. The number of carbonyl (C=O) groups is 2. The summed E-state index contributed by atoms with van der Waals surface area (Å²) in [5.41, 5.74) is 7.83. The molecule has 1 fully saturated rings. The van der Waals surface area contributed by atoms with Crippen LogP contribution in [0.1, 0.15) is 34.4 Å². The van der Waals surface area contributed by atoms with E-state index in [-0.39, 0.29) is 0 Å². The van der Waals surface area contributed by atoms with Crippen LogP contribution in [-0.2, 0) is 22.4 Å². The number of piperidine rings is 1. The number of carboxylic acids is 2. The number of quaternary nitrogens is 1. The molecule has 0 radical (unpaired) electrons. The van der Waals surface area contributed by atoms with Crippen molar-refractivity contribution < 1.29 is 24.7 Å². The fourth-order valence-corrected chi connectivity index (χ4v) is 4.77. The highest BCUT2D eigenvalue weighted by atomic mass is 32.1. The summed E-state index contributed by atoms with van der Waals surface area (Å²) in [5.74, 6) is -2.80. The SMILES string of the molecule is C[NH+]1CCC(=C2c3ccccc3CCc3sccc32)CC1.O=C([O-])/C=C\C(=O)O. The van der Waals surface area contributed by atoms with Crippen molar-refractivity contribution in [2.24, 2.45) is 0 Å². The molecule has 0 unspecified atom stereocenters. The first-order chi connectivity index (χ1) is 14.0. The summed E-state index contributed by atoms with van der Waals surface area (Å²) < 4.78 is 0. The molecule has 152 valence electrons. The van der Waals surface area contributed by atoms with Gasteiger partial charge in [-0.1, -0.05) is 29.8 Å². The van der Waals surface area contributed by atoms with Gasteiger partial charge in [0.05, 0.1) is 26.1 Å². The normalized spacial score (nSPS) is 18.3. The second-order valence-corrected chi connectivity index (χ2v) is 8.34. The summed E-state index contributed by atoms with van der Waals surface area (Å²) >= 11 is 1.94. The number of carbonyl (C=O) groups excluding carboxylic acids is 1. The lowest BCUT2D eigenvalue weighted by atomic mass is 9.88. The molecular formula is C23H25NO4S. The number of benzene rings is 1. The molecule has 2 heterocycles. The lowest BCUT2D eigenvalue weighted by Gasteiger charge is -2.25. The van der Waals surface area contributed by atoms with Crippen molar-refractivity contribution in [3.63, 3.8) is 0 Å². The average molecular weight is 412 g/mol. The molecule has 0 amide bonds. The maximum atomic E-state index is 9.53. The fourth-order valence-electron chi connectivity index (χ4n) is 3.88. The number of aryl methyl sites for hydroxylation is 2. The monoisotopic (exact) mass is 411 g/mol. The Bertz CT molecular complexity index is 931. The van der Waals surface area contributed by atoms with E-state index < -0.39 is 11.9 Å². The van der Waals surface area contributed by atoms with Crippen molar-refractivity contribution in [1.82, 2.24) is 0 Å². The zero-order chi connectivity index (χ0) is 20.8. The van der Waals surface area contributed by atoms with Crippen molar-refractivity contribution in [2.45, 2.75) is 25.7 Å². The minimum Gasteiger partial charge on any atom is -0.545 e. The largest absolute Gasteiger partial charge is 0.545 e.